The third-order valence-electron chi connectivity index (χ3n) is 1.72. The first-order valence-corrected chi connectivity index (χ1v) is 5.11. The van der Waals surface area contributed by atoms with Crippen molar-refractivity contribution >= 4 is 17.3 Å². The SMILES string of the molecule is Cc1nc(N)nc(Cc2cccs2)n1. The summed E-state index contributed by atoms with van der Waals surface area (Å²) in [5.41, 5.74) is 5.53. The van der Waals surface area contributed by atoms with Gasteiger partial charge >= 0.3 is 0 Å². The number of nitrogen functional groups attached to an aromatic ring is 1. The van der Waals surface area contributed by atoms with Gasteiger partial charge in [-0.15, -0.1) is 11.3 Å². The van der Waals surface area contributed by atoms with E-state index in [0.717, 1.165) is 12.2 Å². The molecule has 5 heteroatoms. The zero-order chi connectivity index (χ0) is 9.97. The van der Waals surface area contributed by atoms with Gasteiger partial charge in [-0.2, -0.15) is 9.97 Å². The quantitative estimate of drug-likeness (QED) is 0.807. The van der Waals surface area contributed by atoms with Crippen LogP contribution in [0.2, 0.25) is 0 Å². The Balaban J connectivity index is 2.25. The number of nitrogens with zero attached hydrogens (tertiary/aromatic N) is 3. The molecule has 0 aliphatic rings. The van der Waals surface area contributed by atoms with Gasteiger partial charge in [-0.3, -0.25) is 0 Å². The Morgan fingerprint density at radius 2 is 2.21 bits per heavy atom. The van der Waals surface area contributed by atoms with E-state index >= 15 is 0 Å². The molecule has 0 unspecified atom stereocenters. The van der Waals surface area contributed by atoms with Gasteiger partial charge in [0.15, 0.2) is 0 Å². The van der Waals surface area contributed by atoms with Crippen molar-refractivity contribution < 1.29 is 0 Å². The minimum Gasteiger partial charge on any atom is -0.368 e. The first-order valence-electron chi connectivity index (χ1n) is 4.23. The molecule has 0 radical (unpaired) electrons. The molecule has 0 spiro atoms. The zero-order valence-corrected chi connectivity index (χ0v) is 8.58. The Bertz CT molecular complexity index is 404. The minimum absolute atomic E-state index is 0.295. The van der Waals surface area contributed by atoms with Crippen molar-refractivity contribution in [1.29, 1.82) is 0 Å². The van der Waals surface area contributed by atoms with E-state index in [1.165, 1.54) is 4.88 Å². The molecule has 0 fully saturated rings. The maximum absolute atomic E-state index is 5.53. The molecule has 4 nitrogen and oxygen atoms in total. The molecule has 14 heavy (non-hydrogen) atoms. The van der Waals surface area contributed by atoms with Crippen LogP contribution in [0.1, 0.15) is 16.5 Å². The minimum atomic E-state index is 0.295. The molecule has 2 aromatic heterocycles. The summed E-state index contributed by atoms with van der Waals surface area (Å²) in [5, 5.41) is 2.03. The molecule has 2 heterocycles. The van der Waals surface area contributed by atoms with Crippen LogP contribution in [-0.2, 0) is 6.42 Å². The van der Waals surface area contributed by atoms with E-state index in [-0.39, 0.29) is 0 Å². The number of anilines is 1. The van der Waals surface area contributed by atoms with E-state index in [4.69, 9.17) is 5.73 Å². The Morgan fingerprint density at radius 1 is 1.36 bits per heavy atom. The van der Waals surface area contributed by atoms with E-state index < -0.39 is 0 Å². The molecular formula is C9H10N4S. The second-order valence-corrected chi connectivity index (χ2v) is 3.95. The normalized spacial score (nSPS) is 10.4. The highest BCUT2D eigenvalue weighted by Gasteiger charge is 2.02. The van der Waals surface area contributed by atoms with Crippen LogP contribution in [0.4, 0.5) is 5.95 Å². The summed E-state index contributed by atoms with van der Waals surface area (Å²) in [6.07, 6.45) is 0.727. The first kappa shape index (κ1) is 9.08. The van der Waals surface area contributed by atoms with Gasteiger partial charge in [-0.1, -0.05) is 6.07 Å². The van der Waals surface area contributed by atoms with E-state index in [1.54, 1.807) is 11.3 Å². The highest BCUT2D eigenvalue weighted by molar-refractivity contribution is 7.09. The van der Waals surface area contributed by atoms with Crippen molar-refractivity contribution in [3.05, 3.63) is 34.0 Å². The van der Waals surface area contributed by atoms with Gasteiger partial charge in [-0.25, -0.2) is 4.98 Å². The fourth-order valence-electron chi connectivity index (χ4n) is 1.21. The lowest BCUT2D eigenvalue weighted by atomic mass is 10.3. The van der Waals surface area contributed by atoms with Crippen LogP contribution in [0.5, 0.6) is 0 Å². The predicted octanol–water partition coefficient (Wildman–Crippen LogP) is 1.41. The topological polar surface area (TPSA) is 64.7 Å². The summed E-state index contributed by atoms with van der Waals surface area (Å²) in [6.45, 7) is 1.82. The van der Waals surface area contributed by atoms with Crippen LogP contribution in [-0.4, -0.2) is 15.0 Å². The number of thiophene rings is 1. The van der Waals surface area contributed by atoms with Gasteiger partial charge in [0, 0.05) is 11.3 Å². The van der Waals surface area contributed by atoms with E-state index in [1.807, 2.05) is 18.4 Å². The lowest BCUT2D eigenvalue weighted by Gasteiger charge is -1.99. The van der Waals surface area contributed by atoms with E-state index in [2.05, 4.69) is 21.0 Å². The summed E-state index contributed by atoms with van der Waals surface area (Å²) in [7, 11) is 0. The largest absolute Gasteiger partial charge is 0.368 e. The highest BCUT2D eigenvalue weighted by Crippen LogP contribution is 2.12. The summed E-state index contributed by atoms with van der Waals surface area (Å²) < 4.78 is 0. The van der Waals surface area contributed by atoms with Crippen molar-refractivity contribution in [2.75, 3.05) is 5.73 Å². The molecule has 0 aliphatic heterocycles. The van der Waals surface area contributed by atoms with Crippen LogP contribution < -0.4 is 5.73 Å². The molecule has 2 rings (SSSR count). The Kier molecular flexibility index (Phi) is 2.41. The van der Waals surface area contributed by atoms with Crippen molar-refractivity contribution in [2.45, 2.75) is 13.3 Å². The third-order valence-corrected chi connectivity index (χ3v) is 2.60. The molecular weight excluding hydrogens is 196 g/mol. The van der Waals surface area contributed by atoms with Gasteiger partial charge < -0.3 is 5.73 Å². The predicted molar refractivity (Wildman–Crippen MR) is 56.1 cm³/mol. The fraction of sp³-hybridized carbons (Fsp3) is 0.222. The Morgan fingerprint density at radius 3 is 2.86 bits per heavy atom. The number of aromatic nitrogens is 3. The monoisotopic (exact) mass is 206 g/mol. The average Bonchev–Trinajstić information content (AvgIpc) is 2.54. The second kappa shape index (κ2) is 3.71. The second-order valence-electron chi connectivity index (χ2n) is 2.91. The lowest BCUT2D eigenvalue weighted by molar-refractivity contribution is 0.896. The molecule has 72 valence electrons. The molecule has 2 N–H and O–H groups in total. The van der Waals surface area contributed by atoms with Crippen molar-refractivity contribution in [2.24, 2.45) is 0 Å². The van der Waals surface area contributed by atoms with Crippen molar-refractivity contribution in [3.63, 3.8) is 0 Å². The van der Waals surface area contributed by atoms with Gasteiger partial charge in [0.1, 0.15) is 11.6 Å². The summed E-state index contributed by atoms with van der Waals surface area (Å²) in [5.74, 6) is 1.70. The van der Waals surface area contributed by atoms with Gasteiger partial charge in [0.05, 0.1) is 0 Å². The molecule has 0 aliphatic carbocycles. The third kappa shape index (κ3) is 2.05. The number of nitrogens with two attached hydrogens (primary N) is 1. The van der Waals surface area contributed by atoms with Gasteiger partial charge in [0.25, 0.3) is 0 Å². The highest BCUT2D eigenvalue weighted by atomic mass is 32.1. The number of hydrogen-bond donors (Lipinski definition) is 1. The van der Waals surface area contributed by atoms with E-state index in [0.29, 0.717) is 11.8 Å². The Labute approximate surface area is 85.9 Å². The number of rotatable bonds is 2. The standard InChI is InChI=1S/C9H10N4S/c1-6-11-8(13-9(10)12-6)5-7-3-2-4-14-7/h2-4H,5H2,1H3,(H2,10,11,12,13). The molecule has 0 aromatic carbocycles. The molecule has 0 saturated carbocycles. The molecule has 0 amide bonds. The lowest BCUT2D eigenvalue weighted by Crippen LogP contribution is -2.04. The van der Waals surface area contributed by atoms with Gasteiger partial charge in [-0.05, 0) is 18.4 Å². The zero-order valence-electron chi connectivity index (χ0n) is 7.77. The molecule has 0 atom stereocenters. The van der Waals surface area contributed by atoms with Crippen LogP contribution in [0.3, 0.4) is 0 Å². The van der Waals surface area contributed by atoms with E-state index in [9.17, 15) is 0 Å². The number of aryl methyl sites for hydroxylation is 1. The van der Waals surface area contributed by atoms with Crippen LogP contribution in [0.15, 0.2) is 17.5 Å². The van der Waals surface area contributed by atoms with Crippen LogP contribution in [0, 0.1) is 6.92 Å². The summed E-state index contributed by atoms with van der Waals surface area (Å²) >= 11 is 1.69. The maximum atomic E-state index is 5.53. The fourth-order valence-corrected chi connectivity index (χ4v) is 1.91. The van der Waals surface area contributed by atoms with Crippen LogP contribution in [0.25, 0.3) is 0 Å². The molecule has 2 aromatic rings. The smallest absolute Gasteiger partial charge is 0.223 e. The maximum Gasteiger partial charge on any atom is 0.223 e. The molecule has 0 bridgehead atoms. The summed E-state index contributed by atoms with van der Waals surface area (Å²) in [6, 6.07) is 4.07. The summed E-state index contributed by atoms with van der Waals surface area (Å²) in [4.78, 5) is 13.4. The average molecular weight is 206 g/mol. The van der Waals surface area contributed by atoms with Crippen LogP contribution >= 0.6 is 11.3 Å². The van der Waals surface area contributed by atoms with Crippen molar-refractivity contribution in [1.82, 2.24) is 15.0 Å². The molecule has 0 saturated heterocycles. The van der Waals surface area contributed by atoms with Crippen molar-refractivity contribution in [3.8, 4) is 0 Å². The Hall–Kier alpha value is -1.49. The number of hydrogen-bond acceptors (Lipinski definition) is 5. The first-order chi connectivity index (χ1) is 6.74. The van der Waals surface area contributed by atoms with Gasteiger partial charge in [0.2, 0.25) is 5.95 Å².